The van der Waals surface area contributed by atoms with Crippen LogP contribution in [0.25, 0.3) is 0 Å². The van der Waals surface area contributed by atoms with Gasteiger partial charge in [0.15, 0.2) is 0 Å². The Balaban J connectivity index is 3.06. The van der Waals surface area contributed by atoms with E-state index < -0.39 is 0 Å². The van der Waals surface area contributed by atoms with E-state index in [2.05, 4.69) is 26.1 Å². The molecule has 0 aromatic heterocycles. The maximum atomic E-state index is 9.83. The summed E-state index contributed by atoms with van der Waals surface area (Å²) >= 11 is 0. The fourth-order valence-corrected chi connectivity index (χ4v) is 0.670. The van der Waals surface area contributed by atoms with Crippen molar-refractivity contribution in [3.63, 3.8) is 0 Å². The zero-order valence-electron chi connectivity index (χ0n) is 8.22. The third-order valence-corrected chi connectivity index (χ3v) is 1.47. The van der Waals surface area contributed by atoms with Crippen molar-refractivity contribution in [2.75, 3.05) is 19.8 Å². The molecule has 12 heavy (non-hydrogen) atoms. The predicted octanol–water partition coefficient (Wildman–Crippen LogP) is 1.19. The van der Waals surface area contributed by atoms with E-state index in [4.69, 9.17) is 4.74 Å². The number of amides is 1. The van der Waals surface area contributed by atoms with Gasteiger partial charge in [0.1, 0.15) is 0 Å². The molecular formula is C9H19NO2. The van der Waals surface area contributed by atoms with Gasteiger partial charge in [0.25, 0.3) is 0 Å². The highest BCUT2D eigenvalue weighted by atomic mass is 16.5. The minimum Gasteiger partial charge on any atom is -0.380 e. The molecule has 1 N–H and O–H groups in total. The Bertz CT molecular complexity index is 118. The highest BCUT2D eigenvalue weighted by Crippen LogP contribution is 2.17. The van der Waals surface area contributed by atoms with Gasteiger partial charge in [0, 0.05) is 13.2 Å². The van der Waals surface area contributed by atoms with E-state index in [1.807, 2.05) is 0 Å². The van der Waals surface area contributed by atoms with Gasteiger partial charge in [0.05, 0.1) is 6.61 Å². The first kappa shape index (κ1) is 11.4. The van der Waals surface area contributed by atoms with Crippen LogP contribution in [-0.2, 0) is 9.53 Å². The lowest BCUT2D eigenvalue weighted by molar-refractivity contribution is -0.109. The summed E-state index contributed by atoms with van der Waals surface area (Å²) in [7, 11) is 0. The molecule has 0 bridgehead atoms. The number of carbonyl (C=O) groups is 1. The summed E-state index contributed by atoms with van der Waals surface area (Å²) in [6.45, 7) is 8.52. The fraction of sp³-hybridized carbons (Fsp3) is 0.889. The molecule has 3 heteroatoms. The average molecular weight is 173 g/mol. The first-order chi connectivity index (χ1) is 5.56. The van der Waals surface area contributed by atoms with Crippen LogP contribution in [0.3, 0.4) is 0 Å². The highest BCUT2D eigenvalue weighted by molar-refractivity contribution is 5.45. The topological polar surface area (TPSA) is 38.3 Å². The molecule has 0 aliphatic rings. The Morgan fingerprint density at radius 1 is 1.33 bits per heavy atom. The monoisotopic (exact) mass is 173 g/mol. The van der Waals surface area contributed by atoms with Gasteiger partial charge in [-0.1, -0.05) is 20.8 Å². The third-order valence-electron chi connectivity index (χ3n) is 1.47. The lowest BCUT2D eigenvalue weighted by Gasteiger charge is -2.17. The zero-order valence-corrected chi connectivity index (χ0v) is 8.22. The number of nitrogens with one attached hydrogen (secondary N) is 1. The van der Waals surface area contributed by atoms with Crippen molar-refractivity contribution in [2.24, 2.45) is 5.41 Å². The van der Waals surface area contributed by atoms with Crippen LogP contribution < -0.4 is 5.32 Å². The molecule has 0 atom stereocenters. The minimum absolute atomic E-state index is 0.331. The van der Waals surface area contributed by atoms with Crippen molar-refractivity contribution in [1.29, 1.82) is 0 Å². The highest BCUT2D eigenvalue weighted by Gasteiger charge is 2.08. The van der Waals surface area contributed by atoms with E-state index in [0.717, 1.165) is 13.0 Å². The summed E-state index contributed by atoms with van der Waals surface area (Å²) in [5.41, 5.74) is 0.331. The van der Waals surface area contributed by atoms with Crippen LogP contribution >= 0.6 is 0 Å². The van der Waals surface area contributed by atoms with Gasteiger partial charge in [-0.25, -0.2) is 0 Å². The summed E-state index contributed by atoms with van der Waals surface area (Å²) < 4.78 is 5.29. The third kappa shape index (κ3) is 9.43. The molecule has 0 aromatic carbocycles. The molecule has 1 amide bonds. The molecule has 3 nitrogen and oxygen atoms in total. The first-order valence-corrected chi connectivity index (χ1v) is 4.31. The summed E-state index contributed by atoms with van der Waals surface area (Å²) in [4.78, 5) is 9.83. The van der Waals surface area contributed by atoms with Crippen LogP contribution in [0.1, 0.15) is 27.2 Å². The molecule has 0 radical (unpaired) electrons. The zero-order chi connectivity index (χ0) is 9.45. The van der Waals surface area contributed by atoms with Gasteiger partial charge in [-0.3, -0.25) is 4.79 Å². The molecule has 0 unspecified atom stereocenters. The number of ether oxygens (including phenoxy) is 1. The van der Waals surface area contributed by atoms with Crippen LogP contribution in [0, 0.1) is 5.41 Å². The second kappa shape index (κ2) is 6.00. The molecule has 0 aromatic rings. The standard InChI is InChI=1S/C9H19NO2/c1-9(2,3)4-6-12-7-5-10-8-11/h8H,4-7H2,1-3H3,(H,10,11). The van der Waals surface area contributed by atoms with Gasteiger partial charge >= 0.3 is 0 Å². The molecule has 0 aliphatic carbocycles. The van der Waals surface area contributed by atoms with Crippen LogP contribution in [0.15, 0.2) is 0 Å². The lowest BCUT2D eigenvalue weighted by Crippen LogP contribution is -2.19. The largest absolute Gasteiger partial charge is 0.380 e. The Morgan fingerprint density at radius 2 is 2.00 bits per heavy atom. The van der Waals surface area contributed by atoms with Gasteiger partial charge in [-0.05, 0) is 11.8 Å². The minimum atomic E-state index is 0.331. The molecule has 0 saturated carbocycles. The molecule has 72 valence electrons. The van der Waals surface area contributed by atoms with Crippen molar-refractivity contribution < 1.29 is 9.53 Å². The number of hydrogen-bond donors (Lipinski definition) is 1. The van der Waals surface area contributed by atoms with E-state index in [-0.39, 0.29) is 0 Å². The molecule has 0 aliphatic heterocycles. The van der Waals surface area contributed by atoms with Crippen molar-refractivity contribution in [1.82, 2.24) is 5.32 Å². The summed E-state index contributed by atoms with van der Waals surface area (Å²) in [5.74, 6) is 0. The van der Waals surface area contributed by atoms with Gasteiger partial charge in [-0.15, -0.1) is 0 Å². The van der Waals surface area contributed by atoms with Crippen LogP contribution in [0.5, 0.6) is 0 Å². The molecular weight excluding hydrogens is 154 g/mol. The maximum Gasteiger partial charge on any atom is 0.207 e. The Hall–Kier alpha value is -0.570. The van der Waals surface area contributed by atoms with Gasteiger partial charge < -0.3 is 10.1 Å². The predicted molar refractivity (Wildman–Crippen MR) is 49.0 cm³/mol. The smallest absolute Gasteiger partial charge is 0.207 e. The van der Waals surface area contributed by atoms with Gasteiger partial charge in [0.2, 0.25) is 6.41 Å². The van der Waals surface area contributed by atoms with Crippen molar-refractivity contribution >= 4 is 6.41 Å². The molecule has 0 heterocycles. The van der Waals surface area contributed by atoms with Crippen LogP contribution in [0.2, 0.25) is 0 Å². The molecule has 0 saturated heterocycles. The second-order valence-corrected chi connectivity index (χ2v) is 4.00. The fourth-order valence-electron chi connectivity index (χ4n) is 0.670. The average Bonchev–Trinajstić information content (AvgIpc) is 1.94. The summed E-state index contributed by atoms with van der Waals surface area (Å²) in [6, 6.07) is 0. The first-order valence-electron chi connectivity index (χ1n) is 4.31. The van der Waals surface area contributed by atoms with Crippen LogP contribution in [-0.4, -0.2) is 26.2 Å². The molecule has 0 fully saturated rings. The van der Waals surface area contributed by atoms with E-state index >= 15 is 0 Å². The molecule has 0 spiro atoms. The number of hydrogen-bond acceptors (Lipinski definition) is 2. The van der Waals surface area contributed by atoms with E-state index in [1.165, 1.54) is 0 Å². The van der Waals surface area contributed by atoms with E-state index in [0.29, 0.717) is 25.0 Å². The summed E-state index contributed by atoms with van der Waals surface area (Å²) in [6.07, 6.45) is 1.74. The Kier molecular flexibility index (Phi) is 5.72. The SMILES string of the molecule is CC(C)(C)CCOCCNC=O. The van der Waals surface area contributed by atoms with E-state index in [1.54, 1.807) is 0 Å². The normalized spacial score (nSPS) is 11.2. The number of rotatable bonds is 6. The Morgan fingerprint density at radius 3 is 2.50 bits per heavy atom. The second-order valence-electron chi connectivity index (χ2n) is 4.00. The van der Waals surface area contributed by atoms with E-state index in [9.17, 15) is 4.79 Å². The lowest BCUT2D eigenvalue weighted by atomic mass is 9.93. The maximum absolute atomic E-state index is 9.83. The quantitative estimate of drug-likeness (QED) is 0.484. The Labute approximate surface area is 74.5 Å². The molecule has 0 rings (SSSR count). The van der Waals surface area contributed by atoms with Crippen molar-refractivity contribution in [3.8, 4) is 0 Å². The number of carbonyl (C=O) groups excluding carboxylic acids is 1. The van der Waals surface area contributed by atoms with Crippen molar-refractivity contribution in [3.05, 3.63) is 0 Å². The van der Waals surface area contributed by atoms with Crippen LogP contribution in [0.4, 0.5) is 0 Å². The van der Waals surface area contributed by atoms with Crippen molar-refractivity contribution in [2.45, 2.75) is 27.2 Å². The summed E-state index contributed by atoms with van der Waals surface area (Å²) in [5, 5.41) is 2.54. The van der Waals surface area contributed by atoms with Gasteiger partial charge in [-0.2, -0.15) is 0 Å².